The highest BCUT2D eigenvalue weighted by Gasteiger charge is 2.18. The van der Waals surface area contributed by atoms with E-state index < -0.39 is 11.2 Å². The van der Waals surface area contributed by atoms with Crippen molar-refractivity contribution >= 4 is 38.6 Å². The van der Waals surface area contributed by atoms with Crippen LogP contribution in [0.4, 0.5) is 8.78 Å². The van der Waals surface area contributed by atoms with Crippen LogP contribution in [0.25, 0.3) is 16.7 Å². The van der Waals surface area contributed by atoms with Gasteiger partial charge in [-0.3, -0.25) is 4.57 Å². The van der Waals surface area contributed by atoms with E-state index in [9.17, 15) is 8.78 Å². The highest BCUT2D eigenvalue weighted by Crippen LogP contribution is 2.31. The van der Waals surface area contributed by atoms with Gasteiger partial charge in [0.2, 0.25) is 0 Å². The summed E-state index contributed by atoms with van der Waals surface area (Å²) in [5.41, 5.74) is 1.73. The number of hydrogen-bond acceptors (Lipinski definition) is 1. The van der Waals surface area contributed by atoms with Crippen LogP contribution in [0.2, 0.25) is 0 Å². The predicted molar refractivity (Wildman–Crippen MR) is 83.0 cm³/mol. The maximum absolute atomic E-state index is 13.7. The zero-order valence-electron chi connectivity index (χ0n) is 10.9. The van der Waals surface area contributed by atoms with Crippen LogP contribution < -0.4 is 0 Å². The van der Waals surface area contributed by atoms with Gasteiger partial charge in [-0.25, -0.2) is 13.8 Å². The molecule has 0 aliphatic heterocycles. The van der Waals surface area contributed by atoms with Gasteiger partial charge in [0.15, 0.2) is 0 Å². The summed E-state index contributed by atoms with van der Waals surface area (Å²) in [6, 6.07) is 9.06. The number of hydrogen-bond donors (Lipinski definition) is 0. The second-order valence-corrected chi connectivity index (χ2v) is 6.17. The first-order chi connectivity index (χ1) is 9.97. The van der Waals surface area contributed by atoms with E-state index in [4.69, 9.17) is 11.6 Å². The lowest BCUT2D eigenvalue weighted by atomic mass is 10.2. The van der Waals surface area contributed by atoms with Crippen LogP contribution in [0.1, 0.15) is 18.1 Å². The smallest absolute Gasteiger partial charge is 0.139 e. The second-order valence-electron chi connectivity index (χ2n) is 4.66. The van der Waals surface area contributed by atoms with Gasteiger partial charge in [-0.05, 0) is 47.1 Å². The number of nitrogens with zero attached hydrogens (tertiary/aromatic N) is 2. The molecule has 0 spiro atoms. The number of alkyl halides is 1. The van der Waals surface area contributed by atoms with Gasteiger partial charge in [0.05, 0.1) is 26.6 Å². The number of imidazole rings is 1. The average Bonchev–Trinajstić information content (AvgIpc) is 2.78. The van der Waals surface area contributed by atoms with E-state index in [1.165, 1.54) is 18.2 Å². The molecule has 6 heteroatoms. The number of rotatable bonds is 2. The van der Waals surface area contributed by atoms with Crippen LogP contribution in [0.3, 0.4) is 0 Å². The second kappa shape index (κ2) is 5.39. The summed E-state index contributed by atoms with van der Waals surface area (Å²) in [6.07, 6.45) is 0. The molecular formula is C15H10BrClF2N2. The minimum atomic E-state index is -0.403. The fourth-order valence-corrected chi connectivity index (χ4v) is 2.72. The van der Waals surface area contributed by atoms with Crippen molar-refractivity contribution in [2.24, 2.45) is 0 Å². The number of halogens is 4. The normalized spacial score (nSPS) is 12.8. The Bertz CT molecular complexity index is 830. The fraction of sp³-hybridized carbons (Fsp3) is 0.133. The molecule has 0 amide bonds. The van der Waals surface area contributed by atoms with Crippen molar-refractivity contribution in [3.8, 4) is 5.69 Å². The Balaban J connectivity index is 2.38. The van der Waals surface area contributed by atoms with Crippen LogP contribution in [0, 0.1) is 11.6 Å². The third kappa shape index (κ3) is 2.56. The van der Waals surface area contributed by atoms with Gasteiger partial charge in [-0.2, -0.15) is 0 Å². The first-order valence-electron chi connectivity index (χ1n) is 6.25. The molecule has 3 aromatic rings. The number of aromatic nitrogens is 2. The molecule has 1 aromatic heterocycles. The van der Waals surface area contributed by atoms with Crippen molar-refractivity contribution in [1.29, 1.82) is 0 Å². The maximum Gasteiger partial charge on any atom is 0.139 e. The molecular weight excluding hydrogens is 362 g/mol. The summed E-state index contributed by atoms with van der Waals surface area (Å²) in [6.45, 7) is 1.77. The van der Waals surface area contributed by atoms with Gasteiger partial charge < -0.3 is 0 Å². The number of fused-ring (bicyclic) bond motifs is 1. The summed E-state index contributed by atoms with van der Waals surface area (Å²) in [5, 5.41) is -0.400. The van der Waals surface area contributed by atoms with Crippen LogP contribution >= 0.6 is 27.5 Å². The van der Waals surface area contributed by atoms with Gasteiger partial charge >= 0.3 is 0 Å². The van der Waals surface area contributed by atoms with Crippen molar-refractivity contribution in [2.75, 3.05) is 0 Å². The lowest BCUT2D eigenvalue weighted by Gasteiger charge is -2.10. The fourth-order valence-electron chi connectivity index (χ4n) is 2.24. The molecule has 0 aliphatic rings. The molecule has 108 valence electrons. The Morgan fingerprint density at radius 3 is 2.67 bits per heavy atom. The Morgan fingerprint density at radius 1 is 1.24 bits per heavy atom. The summed E-state index contributed by atoms with van der Waals surface area (Å²) in [5.74, 6) is -0.223. The largest absolute Gasteiger partial charge is 0.295 e. The Hall–Kier alpha value is -1.46. The molecule has 0 bridgehead atoms. The van der Waals surface area contributed by atoms with Gasteiger partial charge in [0.1, 0.15) is 17.5 Å². The van der Waals surface area contributed by atoms with Crippen LogP contribution in [-0.4, -0.2) is 9.55 Å². The SMILES string of the molecule is CC(Cl)c1nc2cc(F)c(Br)cc2n1-c1cccc(F)c1. The van der Waals surface area contributed by atoms with Gasteiger partial charge in [0, 0.05) is 6.07 Å². The van der Waals surface area contributed by atoms with Crippen molar-refractivity contribution in [1.82, 2.24) is 9.55 Å². The third-order valence-electron chi connectivity index (χ3n) is 3.14. The van der Waals surface area contributed by atoms with Crippen LogP contribution in [-0.2, 0) is 0 Å². The highest BCUT2D eigenvalue weighted by molar-refractivity contribution is 9.10. The topological polar surface area (TPSA) is 17.8 Å². The monoisotopic (exact) mass is 370 g/mol. The van der Waals surface area contributed by atoms with Gasteiger partial charge in [-0.15, -0.1) is 11.6 Å². The summed E-state index contributed by atoms with van der Waals surface area (Å²) in [4.78, 5) is 4.37. The third-order valence-corrected chi connectivity index (χ3v) is 3.95. The summed E-state index contributed by atoms with van der Waals surface area (Å²) in [7, 11) is 0. The average molecular weight is 372 g/mol. The Morgan fingerprint density at radius 2 is 2.00 bits per heavy atom. The van der Waals surface area contributed by atoms with Crippen molar-refractivity contribution < 1.29 is 8.78 Å². The van der Waals surface area contributed by atoms with E-state index in [0.29, 0.717) is 27.0 Å². The molecule has 2 aromatic carbocycles. The van der Waals surface area contributed by atoms with Gasteiger partial charge in [-0.1, -0.05) is 6.07 Å². The molecule has 1 unspecified atom stereocenters. The molecule has 2 nitrogen and oxygen atoms in total. The Kier molecular flexibility index (Phi) is 3.71. The summed E-state index contributed by atoms with van der Waals surface area (Å²) < 4.78 is 29.2. The lowest BCUT2D eigenvalue weighted by molar-refractivity contribution is 0.622. The lowest BCUT2D eigenvalue weighted by Crippen LogP contribution is -2.02. The van der Waals surface area contributed by atoms with Crippen LogP contribution in [0.5, 0.6) is 0 Å². The molecule has 0 saturated carbocycles. The molecule has 0 aliphatic carbocycles. The minimum absolute atomic E-state index is 0.321. The van der Waals surface area contributed by atoms with Crippen LogP contribution in [0.15, 0.2) is 40.9 Å². The van der Waals surface area contributed by atoms with E-state index >= 15 is 0 Å². The summed E-state index contributed by atoms with van der Waals surface area (Å²) >= 11 is 9.33. The minimum Gasteiger partial charge on any atom is -0.295 e. The van der Waals surface area contributed by atoms with E-state index in [1.54, 1.807) is 29.7 Å². The van der Waals surface area contributed by atoms with E-state index in [-0.39, 0.29) is 5.82 Å². The predicted octanol–water partition coefficient (Wildman–Crippen LogP) is 5.37. The molecule has 0 fully saturated rings. The van der Waals surface area contributed by atoms with Crippen molar-refractivity contribution in [3.63, 3.8) is 0 Å². The molecule has 21 heavy (non-hydrogen) atoms. The van der Waals surface area contributed by atoms with Gasteiger partial charge in [0.25, 0.3) is 0 Å². The van der Waals surface area contributed by atoms with E-state index in [0.717, 1.165) is 0 Å². The van der Waals surface area contributed by atoms with Crippen molar-refractivity contribution in [3.05, 3.63) is 58.3 Å². The zero-order chi connectivity index (χ0) is 15.1. The molecule has 0 radical (unpaired) electrons. The quantitative estimate of drug-likeness (QED) is 0.554. The molecule has 0 N–H and O–H groups in total. The molecule has 3 rings (SSSR count). The number of benzene rings is 2. The Labute approximate surface area is 133 Å². The molecule has 1 atom stereocenters. The van der Waals surface area contributed by atoms with E-state index in [1.807, 2.05) is 0 Å². The van der Waals surface area contributed by atoms with E-state index in [2.05, 4.69) is 20.9 Å². The first-order valence-corrected chi connectivity index (χ1v) is 7.47. The highest BCUT2D eigenvalue weighted by atomic mass is 79.9. The molecule has 1 heterocycles. The van der Waals surface area contributed by atoms with Crippen molar-refractivity contribution in [2.45, 2.75) is 12.3 Å². The first kappa shape index (κ1) is 14.5. The zero-order valence-corrected chi connectivity index (χ0v) is 13.3. The maximum atomic E-state index is 13.7. The molecule has 0 saturated heterocycles. The standard InChI is InChI=1S/C15H10BrClF2N2/c1-8(17)15-20-13-7-12(19)11(16)6-14(13)21(15)10-4-2-3-9(18)5-10/h2-8H,1H3.